The Morgan fingerprint density at radius 1 is 1.13 bits per heavy atom. The second-order valence-electron chi connectivity index (χ2n) is 5.94. The molecule has 4 nitrogen and oxygen atoms in total. The summed E-state index contributed by atoms with van der Waals surface area (Å²) in [6, 6.07) is 10.9. The number of carbonyl (C=O) groups is 1. The third-order valence-corrected chi connectivity index (χ3v) is 4.58. The van der Waals surface area contributed by atoms with Crippen molar-refractivity contribution in [2.24, 2.45) is 0 Å². The minimum atomic E-state index is -0.198. The van der Waals surface area contributed by atoms with Crippen LogP contribution in [0.15, 0.2) is 47.4 Å². The summed E-state index contributed by atoms with van der Waals surface area (Å²) in [5.41, 5.74) is 1.55. The van der Waals surface area contributed by atoms with Gasteiger partial charge in [0.2, 0.25) is 5.56 Å². The summed E-state index contributed by atoms with van der Waals surface area (Å²) >= 11 is 5.96. The van der Waals surface area contributed by atoms with Crippen molar-refractivity contribution in [3.8, 4) is 0 Å². The van der Waals surface area contributed by atoms with Gasteiger partial charge >= 0.3 is 0 Å². The van der Waals surface area contributed by atoms with Crippen LogP contribution in [0.5, 0.6) is 0 Å². The highest BCUT2D eigenvalue weighted by Crippen LogP contribution is 2.28. The highest BCUT2D eigenvalue weighted by molar-refractivity contribution is 6.30. The van der Waals surface area contributed by atoms with Gasteiger partial charge in [0.05, 0.1) is 5.56 Å². The van der Waals surface area contributed by atoms with Gasteiger partial charge in [-0.3, -0.25) is 9.59 Å². The van der Waals surface area contributed by atoms with Crippen LogP contribution in [0.1, 0.15) is 41.1 Å². The smallest absolute Gasteiger partial charge is 0.255 e. The first-order chi connectivity index (χ1) is 11.1. The van der Waals surface area contributed by atoms with Crippen LogP contribution in [-0.4, -0.2) is 28.9 Å². The molecule has 1 aromatic heterocycles. The molecule has 1 unspecified atom stereocenters. The maximum atomic E-state index is 12.7. The van der Waals surface area contributed by atoms with Crippen LogP contribution in [-0.2, 0) is 0 Å². The van der Waals surface area contributed by atoms with E-state index in [0.29, 0.717) is 18.0 Å². The number of pyridine rings is 1. The SMILES string of the molecule is O=C(c1ccc(=O)[nH]c1)N1CCCCC(c2ccc(Cl)cc2)C1. The average Bonchev–Trinajstić information content (AvgIpc) is 2.82. The molecular formula is C18H19ClN2O2. The fourth-order valence-corrected chi connectivity index (χ4v) is 3.19. The van der Waals surface area contributed by atoms with E-state index in [1.54, 1.807) is 6.07 Å². The van der Waals surface area contributed by atoms with E-state index in [4.69, 9.17) is 11.6 Å². The summed E-state index contributed by atoms with van der Waals surface area (Å²) < 4.78 is 0. The van der Waals surface area contributed by atoms with Crippen molar-refractivity contribution >= 4 is 17.5 Å². The van der Waals surface area contributed by atoms with E-state index in [9.17, 15) is 9.59 Å². The van der Waals surface area contributed by atoms with Gasteiger partial charge in [-0.05, 0) is 36.6 Å². The number of nitrogens with zero attached hydrogens (tertiary/aromatic N) is 1. The summed E-state index contributed by atoms with van der Waals surface area (Å²) in [5.74, 6) is 0.295. The van der Waals surface area contributed by atoms with Crippen molar-refractivity contribution < 1.29 is 4.79 Å². The van der Waals surface area contributed by atoms with E-state index in [0.717, 1.165) is 30.8 Å². The van der Waals surface area contributed by atoms with E-state index in [2.05, 4.69) is 4.98 Å². The average molecular weight is 331 g/mol. The largest absolute Gasteiger partial charge is 0.338 e. The Bertz CT molecular complexity index is 719. The first kappa shape index (κ1) is 15.8. The Kier molecular flexibility index (Phi) is 4.82. The van der Waals surface area contributed by atoms with Gasteiger partial charge in [0, 0.05) is 36.3 Å². The molecule has 1 aliphatic heterocycles. The summed E-state index contributed by atoms with van der Waals surface area (Å²) in [4.78, 5) is 28.3. The molecule has 0 radical (unpaired) electrons. The van der Waals surface area contributed by atoms with Crippen molar-refractivity contribution in [2.45, 2.75) is 25.2 Å². The van der Waals surface area contributed by atoms with Gasteiger partial charge in [0.15, 0.2) is 0 Å². The second-order valence-corrected chi connectivity index (χ2v) is 6.37. The van der Waals surface area contributed by atoms with Crippen LogP contribution in [0.2, 0.25) is 5.02 Å². The van der Waals surface area contributed by atoms with E-state index >= 15 is 0 Å². The van der Waals surface area contributed by atoms with Crippen LogP contribution < -0.4 is 5.56 Å². The third kappa shape index (κ3) is 3.82. The highest BCUT2D eigenvalue weighted by Gasteiger charge is 2.24. The number of likely N-dealkylation sites (tertiary alicyclic amines) is 1. The summed E-state index contributed by atoms with van der Waals surface area (Å²) in [6.45, 7) is 1.45. The summed E-state index contributed by atoms with van der Waals surface area (Å²) in [6.07, 6.45) is 4.66. The monoisotopic (exact) mass is 330 g/mol. The highest BCUT2D eigenvalue weighted by atomic mass is 35.5. The van der Waals surface area contributed by atoms with E-state index < -0.39 is 0 Å². The molecule has 0 spiro atoms. The summed E-state index contributed by atoms with van der Waals surface area (Å²) in [7, 11) is 0. The molecule has 1 atom stereocenters. The van der Waals surface area contributed by atoms with Crippen molar-refractivity contribution in [1.82, 2.24) is 9.88 Å². The molecule has 1 N–H and O–H groups in total. The number of amides is 1. The van der Waals surface area contributed by atoms with Gasteiger partial charge in [-0.15, -0.1) is 0 Å². The number of benzene rings is 1. The summed E-state index contributed by atoms with van der Waals surface area (Å²) in [5, 5.41) is 0.726. The number of hydrogen-bond acceptors (Lipinski definition) is 2. The predicted octanol–water partition coefficient (Wildman–Crippen LogP) is 3.44. The number of H-pyrrole nitrogens is 1. The Labute approximate surface area is 140 Å². The van der Waals surface area contributed by atoms with Gasteiger partial charge in [-0.1, -0.05) is 30.2 Å². The minimum absolute atomic E-state index is 0.0258. The van der Waals surface area contributed by atoms with Gasteiger partial charge < -0.3 is 9.88 Å². The predicted molar refractivity (Wildman–Crippen MR) is 91.0 cm³/mol. The van der Waals surface area contributed by atoms with Crippen molar-refractivity contribution in [3.05, 3.63) is 69.1 Å². The molecule has 1 aliphatic rings. The van der Waals surface area contributed by atoms with E-state index in [-0.39, 0.29) is 11.5 Å². The Balaban J connectivity index is 1.79. The van der Waals surface area contributed by atoms with Crippen molar-refractivity contribution in [1.29, 1.82) is 0 Å². The lowest BCUT2D eigenvalue weighted by Crippen LogP contribution is -2.34. The lowest BCUT2D eigenvalue weighted by molar-refractivity contribution is 0.0754. The molecule has 120 valence electrons. The number of carbonyl (C=O) groups excluding carboxylic acids is 1. The van der Waals surface area contributed by atoms with E-state index in [1.165, 1.54) is 17.8 Å². The van der Waals surface area contributed by atoms with Gasteiger partial charge in [0.25, 0.3) is 5.91 Å². The third-order valence-electron chi connectivity index (χ3n) is 4.33. The molecule has 0 aliphatic carbocycles. The lowest BCUT2D eigenvalue weighted by atomic mass is 9.94. The topological polar surface area (TPSA) is 53.2 Å². The zero-order chi connectivity index (χ0) is 16.2. The van der Waals surface area contributed by atoms with Crippen LogP contribution in [0, 0.1) is 0 Å². The molecule has 1 fully saturated rings. The van der Waals surface area contributed by atoms with Gasteiger partial charge in [-0.25, -0.2) is 0 Å². The molecule has 1 aromatic carbocycles. The Morgan fingerprint density at radius 3 is 2.61 bits per heavy atom. The van der Waals surface area contributed by atoms with Crippen LogP contribution in [0.4, 0.5) is 0 Å². The number of hydrogen-bond donors (Lipinski definition) is 1. The standard InChI is InChI=1S/C18H19ClN2O2/c19-16-7-4-13(5-8-16)15-3-1-2-10-21(12-15)18(23)14-6-9-17(22)20-11-14/h4-9,11,15H,1-3,10,12H2,(H,20,22). The number of aromatic amines is 1. The quantitative estimate of drug-likeness (QED) is 0.917. The molecule has 2 aromatic rings. The second kappa shape index (κ2) is 7.01. The zero-order valence-electron chi connectivity index (χ0n) is 12.8. The lowest BCUT2D eigenvalue weighted by Gasteiger charge is -2.25. The molecule has 2 heterocycles. The van der Waals surface area contributed by atoms with Crippen LogP contribution >= 0.6 is 11.6 Å². The number of nitrogens with one attached hydrogen (secondary N) is 1. The molecule has 0 bridgehead atoms. The molecule has 23 heavy (non-hydrogen) atoms. The first-order valence-corrected chi connectivity index (χ1v) is 8.25. The first-order valence-electron chi connectivity index (χ1n) is 7.87. The Morgan fingerprint density at radius 2 is 1.91 bits per heavy atom. The molecule has 5 heteroatoms. The Hall–Kier alpha value is -2.07. The molecular weight excluding hydrogens is 312 g/mol. The molecule has 0 saturated carbocycles. The fourth-order valence-electron chi connectivity index (χ4n) is 3.06. The molecule has 1 amide bonds. The number of halogens is 1. The maximum absolute atomic E-state index is 12.7. The number of aromatic nitrogens is 1. The molecule has 1 saturated heterocycles. The molecule has 3 rings (SSSR count). The van der Waals surface area contributed by atoms with Crippen LogP contribution in [0.25, 0.3) is 0 Å². The van der Waals surface area contributed by atoms with Crippen LogP contribution in [0.3, 0.4) is 0 Å². The van der Waals surface area contributed by atoms with Crippen molar-refractivity contribution in [3.63, 3.8) is 0 Å². The fraction of sp³-hybridized carbons (Fsp3) is 0.333. The van der Waals surface area contributed by atoms with E-state index in [1.807, 2.05) is 29.2 Å². The van der Waals surface area contributed by atoms with Gasteiger partial charge in [0.1, 0.15) is 0 Å². The zero-order valence-corrected chi connectivity index (χ0v) is 13.6. The minimum Gasteiger partial charge on any atom is -0.338 e. The number of rotatable bonds is 2. The van der Waals surface area contributed by atoms with Crippen molar-refractivity contribution in [2.75, 3.05) is 13.1 Å². The normalized spacial score (nSPS) is 18.5. The maximum Gasteiger partial charge on any atom is 0.255 e. The van der Waals surface area contributed by atoms with Gasteiger partial charge in [-0.2, -0.15) is 0 Å².